The Balaban J connectivity index is 1.47. The molecule has 2 aliphatic heterocycles. The summed E-state index contributed by atoms with van der Waals surface area (Å²) in [6.07, 6.45) is -14.5. The van der Waals surface area contributed by atoms with E-state index in [0.29, 0.717) is 11.5 Å². The van der Waals surface area contributed by atoms with E-state index in [4.69, 9.17) is 33.2 Å². The number of benzene rings is 2. The molecule has 13 nitrogen and oxygen atoms in total. The highest BCUT2D eigenvalue weighted by Crippen LogP contribution is 2.31. The molecule has 0 saturated carbocycles. The van der Waals surface area contributed by atoms with Crippen molar-refractivity contribution in [3.05, 3.63) is 59.7 Å². The minimum Gasteiger partial charge on any atom is -0.497 e. The van der Waals surface area contributed by atoms with Crippen molar-refractivity contribution in [1.82, 2.24) is 0 Å². The number of ether oxygens (including phenoxy) is 7. The monoisotopic (exact) mass is 582 g/mol. The summed E-state index contributed by atoms with van der Waals surface area (Å²) in [6, 6.07) is 14.2. The molecule has 2 fully saturated rings. The molecule has 0 spiro atoms. The van der Waals surface area contributed by atoms with Gasteiger partial charge < -0.3 is 63.8 Å². The van der Waals surface area contributed by atoms with E-state index in [2.05, 4.69) is 0 Å². The minimum atomic E-state index is -1.73. The van der Waals surface area contributed by atoms with Crippen LogP contribution in [0.25, 0.3) is 0 Å². The van der Waals surface area contributed by atoms with Crippen LogP contribution in [0.2, 0.25) is 0 Å². The molecule has 0 amide bonds. The van der Waals surface area contributed by atoms with Gasteiger partial charge in [0.25, 0.3) is 0 Å². The molecule has 6 N–H and O–H groups in total. The number of rotatable bonds is 12. The largest absolute Gasteiger partial charge is 0.497 e. The van der Waals surface area contributed by atoms with E-state index >= 15 is 0 Å². The summed E-state index contributed by atoms with van der Waals surface area (Å²) in [7, 11) is 3.11. The maximum absolute atomic E-state index is 11.3. The van der Waals surface area contributed by atoms with Crippen LogP contribution >= 0.6 is 0 Å². The van der Waals surface area contributed by atoms with Crippen LogP contribution in [0.3, 0.4) is 0 Å². The van der Waals surface area contributed by atoms with Gasteiger partial charge in [-0.05, 0) is 35.4 Å². The minimum absolute atomic E-state index is 0.00498. The van der Waals surface area contributed by atoms with Gasteiger partial charge in [-0.15, -0.1) is 0 Å². The van der Waals surface area contributed by atoms with Crippen LogP contribution in [0.5, 0.6) is 11.5 Å². The van der Waals surface area contributed by atoms with Crippen LogP contribution in [0.4, 0.5) is 0 Å². The highest BCUT2D eigenvalue weighted by molar-refractivity contribution is 5.27. The number of methoxy groups -OCH3 is 2. The summed E-state index contributed by atoms with van der Waals surface area (Å²) in [6.45, 7) is -0.621. The first kappa shape index (κ1) is 31.5. The van der Waals surface area contributed by atoms with Gasteiger partial charge in [0, 0.05) is 0 Å². The SMILES string of the molecule is COc1ccc(COC[C@H]2O[C@@H](O)[C@H](OCc3ccc(OC)cc3)[C@@H](O[C@@H]3O[C@H](CO)[C@H](O)[C@H](O)[C@H]3O)[C@H]2O)cc1. The third kappa shape index (κ3) is 7.71. The quantitative estimate of drug-likeness (QED) is 0.180. The lowest BCUT2D eigenvalue weighted by molar-refractivity contribution is -0.361. The fourth-order valence-electron chi connectivity index (χ4n) is 4.64. The second kappa shape index (κ2) is 14.7. The maximum Gasteiger partial charge on any atom is 0.187 e. The van der Waals surface area contributed by atoms with Crippen LogP contribution in [0.1, 0.15) is 11.1 Å². The molecule has 0 radical (unpaired) electrons. The molecule has 2 heterocycles. The Kier molecular flexibility index (Phi) is 11.3. The molecule has 0 aliphatic carbocycles. The van der Waals surface area contributed by atoms with Gasteiger partial charge in [0.15, 0.2) is 12.6 Å². The molecule has 228 valence electrons. The lowest BCUT2D eigenvalue weighted by Crippen LogP contribution is -2.65. The summed E-state index contributed by atoms with van der Waals surface area (Å²) in [5, 5.41) is 62.5. The Morgan fingerprint density at radius 2 is 1.24 bits per heavy atom. The molecule has 0 bridgehead atoms. The molecule has 0 aromatic heterocycles. The molecule has 13 heteroatoms. The Hall–Kier alpha value is -2.40. The highest BCUT2D eigenvalue weighted by atomic mass is 16.7. The van der Waals surface area contributed by atoms with Crippen LogP contribution < -0.4 is 9.47 Å². The molecular formula is C28H38O13. The molecular weight excluding hydrogens is 544 g/mol. The first-order chi connectivity index (χ1) is 19.7. The zero-order valence-electron chi connectivity index (χ0n) is 22.8. The summed E-state index contributed by atoms with van der Waals surface area (Å²) < 4.78 is 38.9. The van der Waals surface area contributed by atoms with Crippen LogP contribution in [-0.4, -0.2) is 119 Å². The van der Waals surface area contributed by atoms with Gasteiger partial charge in [-0.2, -0.15) is 0 Å². The smallest absolute Gasteiger partial charge is 0.187 e. The van der Waals surface area contributed by atoms with Gasteiger partial charge in [0.05, 0.1) is 40.6 Å². The second-order valence-electron chi connectivity index (χ2n) is 9.84. The fraction of sp³-hybridized carbons (Fsp3) is 0.571. The van der Waals surface area contributed by atoms with Gasteiger partial charge >= 0.3 is 0 Å². The zero-order chi connectivity index (χ0) is 29.5. The Morgan fingerprint density at radius 3 is 1.80 bits per heavy atom. The lowest BCUT2D eigenvalue weighted by Gasteiger charge is -2.46. The van der Waals surface area contributed by atoms with Gasteiger partial charge in [-0.1, -0.05) is 24.3 Å². The van der Waals surface area contributed by atoms with E-state index in [1.54, 1.807) is 50.6 Å². The Labute approximate surface area is 237 Å². The summed E-state index contributed by atoms with van der Waals surface area (Å²) in [4.78, 5) is 0. The van der Waals surface area contributed by atoms with Gasteiger partial charge in [0.2, 0.25) is 0 Å². The molecule has 41 heavy (non-hydrogen) atoms. The van der Waals surface area contributed by atoms with E-state index in [9.17, 15) is 30.6 Å². The predicted molar refractivity (Wildman–Crippen MR) is 140 cm³/mol. The van der Waals surface area contributed by atoms with E-state index in [-0.39, 0.29) is 19.8 Å². The number of hydrogen-bond donors (Lipinski definition) is 6. The Bertz CT molecular complexity index is 1050. The average Bonchev–Trinajstić information content (AvgIpc) is 2.99. The molecule has 10 atom stereocenters. The van der Waals surface area contributed by atoms with E-state index < -0.39 is 68.0 Å². The van der Waals surface area contributed by atoms with Crippen molar-refractivity contribution < 1.29 is 63.8 Å². The van der Waals surface area contributed by atoms with Gasteiger partial charge in [-0.3, -0.25) is 0 Å². The number of aliphatic hydroxyl groups excluding tert-OH is 6. The lowest BCUT2D eigenvalue weighted by atomic mass is 9.97. The molecule has 2 aromatic carbocycles. The molecule has 2 aliphatic rings. The van der Waals surface area contributed by atoms with Crippen molar-refractivity contribution in [3.63, 3.8) is 0 Å². The number of hydrogen-bond acceptors (Lipinski definition) is 13. The normalized spacial score (nSPS) is 33.9. The molecule has 2 saturated heterocycles. The van der Waals surface area contributed by atoms with Crippen LogP contribution in [-0.2, 0) is 36.9 Å². The van der Waals surface area contributed by atoms with Crippen LogP contribution in [0, 0.1) is 0 Å². The van der Waals surface area contributed by atoms with Gasteiger partial charge in [-0.25, -0.2) is 0 Å². The summed E-state index contributed by atoms with van der Waals surface area (Å²) in [5.41, 5.74) is 1.57. The second-order valence-corrected chi connectivity index (χ2v) is 9.84. The standard InChI is InChI=1S/C28H38O13/c1-35-17-7-3-15(4-8-17)12-37-14-20-22(31)25(41-28-24(33)23(32)21(30)19(11-29)40-28)26(27(34)39-20)38-13-16-5-9-18(36-2)10-6-16/h3-10,19-34H,11-14H2,1-2H3/t19-,20-,21+,22+,23+,24-,25+,26-,27-,28+/m1/s1. The zero-order valence-corrected chi connectivity index (χ0v) is 22.8. The van der Waals surface area contributed by atoms with Crippen molar-refractivity contribution in [1.29, 1.82) is 0 Å². The van der Waals surface area contributed by atoms with Gasteiger partial charge in [0.1, 0.15) is 60.3 Å². The highest BCUT2D eigenvalue weighted by Gasteiger charge is 2.51. The van der Waals surface area contributed by atoms with Crippen molar-refractivity contribution in [2.75, 3.05) is 27.4 Å². The summed E-state index contributed by atoms with van der Waals surface area (Å²) in [5.74, 6) is 1.34. The third-order valence-corrected chi connectivity index (χ3v) is 7.09. The number of aliphatic hydroxyl groups is 6. The molecule has 4 rings (SSSR count). The van der Waals surface area contributed by atoms with E-state index in [1.165, 1.54) is 0 Å². The van der Waals surface area contributed by atoms with E-state index in [0.717, 1.165) is 11.1 Å². The third-order valence-electron chi connectivity index (χ3n) is 7.09. The molecule has 2 aromatic rings. The Morgan fingerprint density at radius 1 is 0.659 bits per heavy atom. The molecule has 0 unspecified atom stereocenters. The van der Waals surface area contributed by atoms with E-state index in [1.807, 2.05) is 12.1 Å². The average molecular weight is 583 g/mol. The van der Waals surface area contributed by atoms with Crippen molar-refractivity contribution in [3.8, 4) is 11.5 Å². The predicted octanol–water partition coefficient (Wildman–Crippen LogP) is -0.931. The van der Waals surface area contributed by atoms with Crippen molar-refractivity contribution in [2.45, 2.75) is 74.6 Å². The van der Waals surface area contributed by atoms with Crippen molar-refractivity contribution >= 4 is 0 Å². The fourth-order valence-corrected chi connectivity index (χ4v) is 4.64. The topological polar surface area (TPSA) is 186 Å². The van der Waals surface area contributed by atoms with Crippen LogP contribution in [0.15, 0.2) is 48.5 Å². The first-order valence-electron chi connectivity index (χ1n) is 13.2. The maximum atomic E-state index is 11.3. The van der Waals surface area contributed by atoms with Crippen molar-refractivity contribution in [2.24, 2.45) is 0 Å². The summed E-state index contributed by atoms with van der Waals surface area (Å²) >= 11 is 0. The first-order valence-corrected chi connectivity index (χ1v) is 13.2.